The molecule has 0 bridgehead atoms. The van der Waals surface area contributed by atoms with Crippen LogP contribution >= 0.6 is 0 Å². The third-order valence-electron chi connectivity index (χ3n) is 3.01. The Morgan fingerprint density at radius 2 is 1.38 bits per heavy atom. The molecule has 0 atom stereocenters. The normalized spacial score (nSPS) is 11.0. The van der Waals surface area contributed by atoms with Crippen molar-refractivity contribution in [3.05, 3.63) is 52.8 Å². The van der Waals surface area contributed by atoms with E-state index in [1.54, 1.807) is 17.6 Å². The zero-order chi connectivity index (χ0) is 17.9. The molecule has 2 aromatic rings. The molecule has 0 radical (unpaired) electrons. The van der Waals surface area contributed by atoms with Gasteiger partial charge in [-0.3, -0.25) is 5.43 Å². The standard InChI is InChI=1S/C15H11F5N2O2/c1-23-8-4-3-7(5-9(8)24-2)6-21-22-15-13(19)11(17)10(16)12(18)14(15)20/h3-6,22H,1-2H3. The predicted octanol–water partition coefficient (Wildman–Crippen LogP) is 3.85. The summed E-state index contributed by atoms with van der Waals surface area (Å²) in [6.07, 6.45) is 1.11. The van der Waals surface area contributed by atoms with Gasteiger partial charge in [-0.05, 0) is 23.8 Å². The van der Waals surface area contributed by atoms with Crippen LogP contribution in [0.4, 0.5) is 27.6 Å². The second-order valence-corrected chi connectivity index (χ2v) is 4.43. The highest BCUT2D eigenvalue weighted by molar-refractivity contribution is 5.81. The van der Waals surface area contributed by atoms with Gasteiger partial charge in [-0.15, -0.1) is 0 Å². The van der Waals surface area contributed by atoms with E-state index in [0.29, 0.717) is 17.1 Å². The molecular formula is C15H11F5N2O2. The Morgan fingerprint density at radius 3 is 1.92 bits per heavy atom. The molecule has 1 N–H and O–H groups in total. The molecule has 0 aliphatic heterocycles. The summed E-state index contributed by atoms with van der Waals surface area (Å²) in [5.74, 6) is -9.54. The van der Waals surface area contributed by atoms with Crippen molar-refractivity contribution in [3.63, 3.8) is 0 Å². The molecule has 2 rings (SSSR count). The summed E-state index contributed by atoms with van der Waals surface area (Å²) in [5.41, 5.74) is 0.993. The third-order valence-corrected chi connectivity index (χ3v) is 3.01. The summed E-state index contributed by atoms with van der Waals surface area (Å²) in [5, 5.41) is 3.47. The lowest BCUT2D eigenvalue weighted by Gasteiger charge is -2.08. The smallest absolute Gasteiger partial charge is 0.200 e. The topological polar surface area (TPSA) is 42.8 Å². The summed E-state index contributed by atoms with van der Waals surface area (Å²) in [4.78, 5) is 0. The molecule has 4 nitrogen and oxygen atoms in total. The Morgan fingerprint density at radius 1 is 0.833 bits per heavy atom. The van der Waals surface area contributed by atoms with E-state index >= 15 is 0 Å². The highest BCUT2D eigenvalue weighted by Crippen LogP contribution is 2.28. The number of benzene rings is 2. The third kappa shape index (κ3) is 3.24. The van der Waals surface area contributed by atoms with Crippen LogP contribution in [0, 0.1) is 29.1 Å². The first-order chi connectivity index (χ1) is 11.4. The first-order valence-electron chi connectivity index (χ1n) is 6.43. The maximum Gasteiger partial charge on any atom is 0.200 e. The number of halogens is 5. The number of methoxy groups -OCH3 is 2. The first kappa shape index (κ1) is 17.5. The first-order valence-corrected chi connectivity index (χ1v) is 6.43. The largest absolute Gasteiger partial charge is 0.493 e. The van der Waals surface area contributed by atoms with Crippen LogP contribution in [0.2, 0.25) is 0 Å². The van der Waals surface area contributed by atoms with E-state index in [-0.39, 0.29) is 0 Å². The number of anilines is 1. The second kappa shape index (κ2) is 7.16. The van der Waals surface area contributed by atoms with E-state index in [9.17, 15) is 22.0 Å². The van der Waals surface area contributed by atoms with Crippen molar-refractivity contribution in [1.82, 2.24) is 0 Å². The van der Waals surface area contributed by atoms with Crippen LogP contribution < -0.4 is 14.9 Å². The molecule has 0 saturated carbocycles. The van der Waals surface area contributed by atoms with E-state index < -0.39 is 34.8 Å². The van der Waals surface area contributed by atoms with E-state index in [1.165, 1.54) is 20.3 Å². The van der Waals surface area contributed by atoms with E-state index in [0.717, 1.165) is 6.21 Å². The van der Waals surface area contributed by atoms with Crippen molar-refractivity contribution in [2.45, 2.75) is 0 Å². The molecule has 0 unspecified atom stereocenters. The highest BCUT2D eigenvalue weighted by Gasteiger charge is 2.25. The molecule has 128 valence electrons. The van der Waals surface area contributed by atoms with Gasteiger partial charge < -0.3 is 9.47 Å². The summed E-state index contributed by atoms with van der Waals surface area (Å²) in [7, 11) is 2.85. The minimum atomic E-state index is -2.24. The molecule has 0 aliphatic rings. The number of nitrogens with one attached hydrogen (secondary N) is 1. The van der Waals surface area contributed by atoms with E-state index in [2.05, 4.69) is 5.10 Å². The summed E-state index contributed by atoms with van der Waals surface area (Å²) < 4.78 is 76.0. The van der Waals surface area contributed by atoms with Gasteiger partial charge in [0.2, 0.25) is 5.82 Å². The number of hydrogen-bond donors (Lipinski definition) is 1. The molecule has 0 heterocycles. The van der Waals surface area contributed by atoms with Crippen molar-refractivity contribution in [1.29, 1.82) is 0 Å². The average Bonchev–Trinajstić information content (AvgIpc) is 2.60. The molecule has 0 spiro atoms. The minimum absolute atomic E-state index is 0.373. The van der Waals surface area contributed by atoms with Gasteiger partial charge in [0.1, 0.15) is 5.69 Å². The van der Waals surface area contributed by atoms with Gasteiger partial charge in [0, 0.05) is 0 Å². The van der Waals surface area contributed by atoms with Crippen LogP contribution in [0.5, 0.6) is 11.5 Å². The molecule has 2 aromatic carbocycles. The van der Waals surface area contributed by atoms with Crippen molar-refractivity contribution in [2.24, 2.45) is 5.10 Å². The monoisotopic (exact) mass is 346 g/mol. The maximum absolute atomic E-state index is 13.5. The number of rotatable bonds is 5. The lowest BCUT2D eigenvalue weighted by atomic mass is 10.2. The Bertz CT molecular complexity index is 767. The number of ether oxygens (including phenoxy) is 2. The SMILES string of the molecule is COc1ccc(C=NNc2c(F)c(F)c(F)c(F)c2F)cc1OC. The van der Waals surface area contributed by atoms with Gasteiger partial charge in [0.15, 0.2) is 34.8 Å². The van der Waals surface area contributed by atoms with Crippen LogP contribution in [-0.2, 0) is 0 Å². The molecule has 0 fully saturated rings. The Labute approximate surface area is 133 Å². The molecule has 24 heavy (non-hydrogen) atoms. The van der Waals surface area contributed by atoms with Gasteiger partial charge in [-0.2, -0.15) is 5.10 Å². The quantitative estimate of drug-likeness (QED) is 0.294. The van der Waals surface area contributed by atoms with Gasteiger partial charge in [-0.25, -0.2) is 22.0 Å². The summed E-state index contributed by atoms with van der Waals surface area (Å²) in [6, 6.07) is 4.60. The van der Waals surface area contributed by atoms with Crippen LogP contribution in [0.15, 0.2) is 23.3 Å². The van der Waals surface area contributed by atoms with Gasteiger partial charge in [0.25, 0.3) is 0 Å². The lowest BCUT2D eigenvalue weighted by Crippen LogP contribution is -2.06. The van der Waals surface area contributed by atoms with Crippen molar-refractivity contribution >= 4 is 11.9 Å². The van der Waals surface area contributed by atoms with Crippen molar-refractivity contribution < 1.29 is 31.4 Å². The van der Waals surface area contributed by atoms with Crippen LogP contribution in [0.1, 0.15) is 5.56 Å². The molecule has 0 aliphatic carbocycles. The van der Waals surface area contributed by atoms with Crippen molar-refractivity contribution in [2.75, 3.05) is 19.6 Å². The molecule has 0 aromatic heterocycles. The highest BCUT2D eigenvalue weighted by atomic mass is 19.2. The Hall–Kier alpha value is -2.84. The van der Waals surface area contributed by atoms with Gasteiger partial charge in [-0.1, -0.05) is 0 Å². The average molecular weight is 346 g/mol. The van der Waals surface area contributed by atoms with E-state index in [4.69, 9.17) is 9.47 Å². The molecule has 9 heteroatoms. The summed E-state index contributed by atoms with van der Waals surface area (Å²) in [6.45, 7) is 0. The fourth-order valence-electron chi connectivity index (χ4n) is 1.81. The minimum Gasteiger partial charge on any atom is -0.493 e. The van der Waals surface area contributed by atoms with Crippen LogP contribution in [0.25, 0.3) is 0 Å². The molecule has 0 saturated heterocycles. The van der Waals surface area contributed by atoms with E-state index in [1.807, 2.05) is 0 Å². The van der Waals surface area contributed by atoms with Gasteiger partial charge >= 0.3 is 0 Å². The predicted molar refractivity (Wildman–Crippen MR) is 77.0 cm³/mol. The molecule has 0 amide bonds. The fraction of sp³-hybridized carbons (Fsp3) is 0.133. The number of nitrogens with zero attached hydrogens (tertiary/aromatic N) is 1. The van der Waals surface area contributed by atoms with Crippen LogP contribution in [0.3, 0.4) is 0 Å². The second-order valence-electron chi connectivity index (χ2n) is 4.43. The Balaban J connectivity index is 2.27. The zero-order valence-corrected chi connectivity index (χ0v) is 12.5. The lowest BCUT2D eigenvalue weighted by molar-refractivity contribution is 0.355. The fourth-order valence-corrected chi connectivity index (χ4v) is 1.81. The maximum atomic E-state index is 13.5. The molecular weight excluding hydrogens is 335 g/mol. The van der Waals surface area contributed by atoms with Crippen LogP contribution in [-0.4, -0.2) is 20.4 Å². The Kier molecular flexibility index (Phi) is 5.22. The number of hydrogen-bond acceptors (Lipinski definition) is 4. The number of hydrazone groups is 1. The van der Waals surface area contributed by atoms with Gasteiger partial charge in [0.05, 0.1) is 20.4 Å². The summed E-state index contributed by atoms with van der Waals surface area (Å²) >= 11 is 0. The van der Waals surface area contributed by atoms with Crippen molar-refractivity contribution in [3.8, 4) is 11.5 Å². The zero-order valence-electron chi connectivity index (χ0n) is 12.5.